The number of nitrogen functional groups attached to an aromatic ring is 1. The third kappa shape index (κ3) is 4.51. The number of carbonyl (C=O) groups excluding carboxylic acids is 1. The number of halogens is 3. The van der Waals surface area contributed by atoms with E-state index in [4.69, 9.17) is 15.6 Å². The average molecular weight is 376 g/mol. The van der Waals surface area contributed by atoms with Crippen LogP contribution in [0.5, 0.6) is 0 Å². The van der Waals surface area contributed by atoms with Crippen LogP contribution in [-0.4, -0.2) is 57.2 Å². The van der Waals surface area contributed by atoms with Gasteiger partial charge < -0.3 is 26.0 Å². The Kier molecular flexibility index (Phi) is 5.86. The Balaban J connectivity index is 2.15. The van der Waals surface area contributed by atoms with Gasteiger partial charge in [0.1, 0.15) is 18.1 Å². The molecule has 0 saturated carbocycles. The zero-order valence-electron chi connectivity index (χ0n) is 13.2. The summed E-state index contributed by atoms with van der Waals surface area (Å²) in [7, 11) is 0. The fourth-order valence-corrected chi connectivity index (χ4v) is 2.20. The Hall–Kier alpha value is -2.62. The van der Waals surface area contributed by atoms with Gasteiger partial charge in [-0.3, -0.25) is 9.36 Å². The number of anilines is 1. The summed E-state index contributed by atoms with van der Waals surface area (Å²) in [5.41, 5.74) is 4.80. The lowest BCUT2D eigenvalue weighted by atomic mass is 10.2. The highest BCUT2D eigenvalue weighted by atomic mass is 19.4. The molecule has 2 unspecified atom stereocenters. The van der Waals surface area contributed by atoms with Crippen molar-refractivity contribution >= 4 is 11.7 Å². The highest BCUT2D eigenvalue weighted by Gasteiger charge is 2.38. The molecule has 0 bridgehead atoms. The molecular weight excluding hydrogens is 361 g/mol. The monoisotopic (exact) mass is 376 g/mol. The number of nitrogens with two attached hydrogens (primary N) is 1. The number of ether oxygens (including phenoxy) is 1. The molecule has 26 heavy (non-hydrogen) atoms. The van der Waals surface area contributed by atoms with Gasteiger partial charge in [0.25, 0.3) is 0 Å². The highest BCUT2D eigenvalue weighted by molar-refractivity contribution is 5.81. The maximum absolute atomic E-state index is 12.0. The number of nitrogens with zero attached hydrogens (tertiary/aromatic N) is 2. The standard InChI is InChI=1S/C14H15F3N4O5/c15-14(16,17)12(24)19-3-1-2-7-5-21(13(25)20-11(7)18)10-4-8(23)9(6-22)26-10/h5,8-10,22-23H,3-4,6H2,(H,19,24)(H2,18,20,25)/t8-,9?,10?/m1/s1. The third-order valence-electron chi connectivity index (χ3n) is 3.49. The Morgan fingerprint density at radius 3 is 2.81 bits per heavy atom. The Bertz CT molecular complexity index is 798. The lowest BCUT2D eigenvalue weighted by Crippen LogP contribution is -2.36. The van der Waals surface area contributed by atoms with Crippen molar-refractivity contribution in [1.82, 2.24) is 14.9 Å². The molecule has 1 aromatic rings. The lowest BCUT2D eigenvalue weighted by molar-refractivity contribution is -0.173. The van der Waals surface area contributed by atoms with E-state index in [9.17, 15) is 27.9 Å². The highest BCUT2D eigenvalue weighted by Crippen LogP contribution is 2.27. The van der Waals surface area contributed by atoms with Crippen molar-refractivity contribution in [3.05, 3.63) is 22.2 Å². The zero-order chi connectivity index (χ0) is 19.5. The predicted molar refractivity (Wildman–Crippen MR) is 80.5 cm³/mol. The van der Waals surface area contributed by atoms with Gasteiger partial charge >= 0.3 is 17.8 Å². The van der Waals surface area contributed by atoms with E-state index in [0.29, 0.717) is 0 Å². The van der Waals surface area contributed by atoms with E-state index in [0.717, 1.165) is 4.57 Å². The topological polar surface area (TPSA) is 140 Å². The van der Waals surface area contributed by atoms with Gasteiger partial charge in [-0.15, -0.1) is 0 Å². The summed E-state index contributed by atoms with van der Waals surface area (Å²) < 4.78 is 42.5. The second kappa shape index (κ2) is 7.73. The number of aromatic nitrogens is 2. The van der Waals surface area contributed by atoms with Crippen LogP contribution < -0.4 is 16.7 Å². The fourth-order valence-electron chi connectivity index (χ4n) is 2.20. The smallest absolute Gasteiger partial charge is 0.394 e. The largest absolute Gasteiger partial charge is 0.471 e. The van der Waals surface area contributed by atoms with Crippen LogP contribution in [0.4, 0.5) is 19.0 Å². The second-order valence-electron chi connectivity index (χ2n) is 5.33. The normalized spacial score (nSPS) is 22.6. The van der Waals surface area contributed by atoms with Gasteiger partial charge in [-0.25, -0.2) is 4.79 Å². The summed E-state index contributed by atoms with van der Waals surface area (Å²) in [5.74, 6) is 2.28. The molecule has 9 nitrogen and oxygen atoms in total. The average Bonchev–Trinajstić information content (AvgIpc) is 2.92. The minimum Gasteiger partial charge on any atom is -0.394 e. The first-order chi connectivity index (χ1) is 12.1. The summed E-state index contributed by atoms with van der Waals surface area (Å²) in [6, 6.07) is 0. The molecule has 1 saturated heterocycles. The molecule has 0 radical (unpaired) electrons. The number of hydrogen-bond donors (Lipinski definition) is 4. The molecule has 1 aliphatic heterocycles. The number of aliphatic hydroxyl groups excluding tert-OH is 2. The van der Waals surface area contributed by atoms with Crippen molar-refractivity contribution in [3.8, 4) is 11.8 Å². The summed E-state index contributed by atoms with van der Waals surface area (Å²) in [6.07, 6.45) is -6.57. The van der Waals surface area contributed by atoms with E-state index in [2.05, 4.69) is 16.8 Å². The lowest BCUT2D eigenvalue weighted by Gasteiger charge is -2.15. The van der Waals surface area contributed by atoms with Crippen LogP contribution in [0.2, 0.25) is 0 Å². The van der Waals surface area contributed by atoms with Crippen molar-refractivity contribution in [2.24, 2.45) is 0 Å². The van der Waals surface area contributed by atoms with Crippen molar-refractivity contribution in [2.45, 2.75) is 31.0 Å². The van der Waals surface area contributed by atoms with E-state index < -0.39 is 49.4 Å². The molecule has 1 amide bonds. The van der Waals surface area contributed by atoms with E-state index >= 15 is 0 Å². The Labute approximate surface area is 144 Å². The molecule has 5 N–H and O–H groups in total. The van der Waals surface area contributed by atoms with Crippen LogP contribution in [0, 0.1) is 11.8 Å². The summed E-state index contributed by atoms with van der Waals surface area (Å²) >= 11 is 0. The Morgan fingerprint density at radius 1 is 1.54 bits per heavy atom. The quantitative estimate of drug-likeness (QED) is 0.471. The first-order valence-corrected chi connectivity index (χ1v) is 7.30. The molecular formula is C14H15F3N4O5. The number of alkyl halides is 3. The van der Waals surface area contributed by atoms with Crippen LogP contribution in [0.25, 0.3) is 0 Å². The minimum atomic E-state index is -5.01. The van der Waals surface area contributed by atoms with E-state index in [-0.39, 0.29) is 17.8 Å². The molecule has 1 fully saturated rings. The van der Waals surface area contributed by atoms with Crippen molar-refractivity contribution < 1.29 is 32.9 Å². The molecule has 3 atom stereocenters. The first kappa shape index (κ1) is 19.7. The van der Waals surface area contributed by atoms with E-state index in [1.54, 1.807) is 5.32 Å². The first-order valence-electron chi connectivity index (χ1n) is 7.30. The maximum atomic E-state index is 12.0. The third-order valence-corrected chi connectivity index (χ3v) is 3.49. The van der Waals surface area contributed by atoms with Gasteiger partial charge in [-0.2, -0.15) is 18.2 Å². The van der Waals surface area contributed by atoms with Crippen LogP contribution in [0.15, 0.2) is 11.0 Å². The number of carbonyl (C=O) groups is 1. The summed E-state index contributed by atoms with van der Waals surface area (Å²) in [4.78, 5) is 26.1. The number of nitrogens with one attached hydrogen (secondary N) is 1. The molecule has 142 valence electrons. The molecule has 0 spiro atoms. The number of amides is 1. The van der Waals surface area contributed by atoms with E-state index in [1.807, 2.05) is 0 Å². The van der Waals surface area contributed by atoms with Crippen LogP contribution >= 0.6 is 0 Å². The van der Waals surface area contributed by atoms with Gasteiger partial charge in [0.15, 0.2) is 0 Å². The van der Waals surface area contributed by atoms with Gasteiger partial charge in [-0.1, -0.05) is 11.8 Å². The van der Waals surface area contributed by atoms with Crippen LogP contribution in [-0.2, 0) is 9.53 Å². The number of aliphatic hydroxyl groups is 2. The van der Waals surface area contributed by atoms with Crippen molar-refractivity contribution in [2.75, 3.05) is 18.9 Å². The van der Waals surface area contributed by atoms with Crippen molar-refractivity contribution in [3.63, 3.8) is 0 Å². The fraction of sp³-hybridized carbons (Fsp3) is 0.500. The molecule has 12 heteroatoms. The Morgan fingerprint density at radius 2 is 2.23 bits per heavy atom. The second-order valence-corrected chi connectivity index (χ2v) is 5.33. The minimum absolute atomic E-state index is 0.0191. The van der Waals surface area contributed by atoms with Gasteiger partial charge in [0.2, 0.25) is 0 Å². The van der Waals surface area contributed by atoms with Crippen LogP contribution in [0.1, 0.15) is 18.2 Å². The van der Waals surface area contributed by atoms with E-state index in [1.165, 1.54) is 6.20 Å². The van der Waals surface area contributed by atoms with Gasteiger partial charge in [0, 0.05) is 12.6 Å². The zero-order valence-corrected chi connectivity index (χ0v) is 13.2. The molecule has 2 rings (SSSR count). The molecule has 1 aromatic heterocycles. The predicted octanol–water partition coefficient (Wildman–Crippen LogP) is -1.50. The van der Waals surface area contributed by atoms with Gasteiger partial charge in [-0.05, 0) is 0 Å². The molecule has 0 aliphatic carbocycles. The van der Waals surface area contributed by atoms with Crippen LogP contribution in [0.3, 0.4) is 0 Å². The molecule has 0 aromatic carbocycles. The SMILES string of the molecule is Nc1nc(=O)n(C2C[C@@H](O)C(CO)O2)cc1C#CCNC(=O)C(F)(F)F. The van der Waals surface area contributed by atoms with Crippen molar-refractivity contribution in [1.29, 1.82) is 0 Å². The van der Waals surface area contributed by atoms with Gasteiger partial charge in [0.05, 0.1) is 24.8 Å². The number of rotatable bonds is 3. The summed E-state index contributed by atoms with van der Waals surface area (Å²) in [6.45, 7) is -1.04. The number of hydrogen-bond acceptors (Lipinski definition) is 7. The summed E-state index contributed by atoms with van der Waals surface area (Å²) in [5, 5.41) is 20.4. The molecule has 1 aliphatic rings. The maximum Gasteiger partial charge on any atom is 0.471 e. The molecule has 2 heterocycles.